The van der Waals surface area contributed by atoms with E-state index in [2.05, 4.69) is 21.9 Å². The minimum atomic E-state index is -0.221. The monoisotopic (exact) mass is 333 g/mol. The standard InChI is InChI=1S/C19H19N5O/c1-3-23-12(2)21-16-9-8-13(10-17(16)23)19(25)22-24-11-14-6-4-5-7-15(14)18(24)20/h4-10,20H,3,11H2,1-2H3,(H,22,25). The molecule has 2 aromatic carbocycles. The third-order valence-corrected chi connectivity index (χ3v) is 4.62. The molecule has 0 bridgehead atoms. The average Bonchev–Trinajstić information content (AvgIpc) is 3.10. The molecule has 6 nitrogen and oxygen atoms in total. The fraction of sp³-hybridized carbons (Fsp3) is 0.211. The molecule has 1 aliphatic heterocycles. The van der Waals surface area contributed by atoms with E-state index in [0.29, 0.717) is 17.9 Å². The molecule has 0 fully saturated rings. The lowest BCUT2D eigenvalue weighted by molar-refractivity contribution is 0.0869. The first-order valence-corrected chi connectivity index (χ1v) is 8.30. The van der Waals surface area contributed by atoms with Crippen molar-refractivity contribution in [3.8, 4) is 0 Å². The predicted molar refractivity (Wildman–Crippen MR) is 96.4 cm³/mol. The number of carbonyl (C=O) groups excluding carboxylic acids is 1. The zero-order valence-corrected chi connectivity index (χ0v) is 14.2. The minimum absolute atomic E-state index is 0.221. The van der Waals surface area contributed by atoms with E-state index in [1.807, 2.05) is 43.3 Å². The zero-order valence-electron chi connectivity index (χ0n) is 14.2. The van der Waals surface area contributed by atoms with E-state index in [0.717, 1.165) is 34.5 Å². The quantitative estimate of drug-likeness (QED) is 0.774. The fourth-order valence-electron chi connectivity index (χ4n) is 3.35. The maximum absolute atomic E-state index is 12.7. The summed E-state index contributed by atoms with van der Waals surface area (Å²) in [5, 5.41) is 9.82. The van der Waals surface area contributed by atoms with Crippen LogP contribution in [0.3, 0.4) is 0 Å². The van der Waals surface area contributed by atoms with Gasteiger partial charge in [-0.25, -0.2) is 4.98 Å². The number of aromatic nitrogens is 2. The van der Waals surface area contributed by atoms with Crippen LogP contribution in [0.15, 0.2) is 42.5 Å². The van der Waals surface area contributed by atoms with Crippen LogP contribution >= 0.6 is 0 Å². The van der Waals surface area contributed by atoms with Crippen LogP contribution in [-0.2, 0) is 13.1 Å². The Bertz CT molecular complexity index is 1000. The molecule has 126 valence electrons. The van der Waals surface area contributed by atoms with Gasteiger partial charge in [-0.2, -0.15) is 0 Å². The molecule has 25 heavy (non-hydrogen) atoms. The van der Waals surface area contributed by atoms with E-state index < -0.39 is 0 Å². The van der Waals surface area contributed by atoms with Crippen molar-refractivity contribution in [1.82, 2.24) is 20.0 Å². The van der Waals surface area contributed by atoms with Crippen LogP contribution in [-0.4, -0.2) is 26.3 Å². The number of imidazole rings is 1. The number of aryl methyl sites for hydroxylation is 2. The molecule has 0 saturated carbocycles. The first-order chi connectivity index (χ1) is 12.1. The number of benzene rings is 2. The lowest BCUT2D eigenvalue weighted by Gasteiger charge is -2.19. The molecule has 1 amide bonds. The molecule has 4 rings (SSSR count). The number of amides is 1. The van der Waals surface area contributed by atoms with Gasteiger partial charge in [-0.3, -0.25) is 20.6 Å². The summed E-state index contributed by atoms with van der Waals surface area (Å²) in [6.07, 6.45) is 0. The van der Waals surface area contributed by atoms with Gasteiger partial charge in [0.05, 0.1) is 17.6 Å². The SMILES string of the molecule is CCn1c(C)nc2ccc(C(=O)NN3Cc4ccccc4C3=N)cc21. The van der Waals surface area contributed by atoms with Crippen molar-refractivity contribution in [2.75, 3.05) is 0 Å². The van der Waals surface area contributed by atoms with E-state index in [4.69, 9.17) is 5.41 Å². The molecule has 0 spiro atoms. The molecule has 0 aliphatic carbocycles. The van der Waals surface area contributed by atoms with E-state index >= 15 is 0 Å². The Hall–Kier alpha value is -3.15. The summed E-state index contributed by atoms with van der Waals surface area (Å²) >= 11 is 0. The first-order valence-electron chi connectivity index (χ1n) is 8.30. The molecule has 1 aromatic heterocycles. The van der Waals surface area contributed by atoms with Crippen LogP contribution < -0.4 is 5.43 Å². The summed E-state index contributed by atoms with van der Waals surface area (Å²) in [4.78, 5) is 17.2. The van der Waals surface area contributed by atoms with Crippen molar-refractivity contribution in [3.05, 3.63) is 65.0 Å². The van der Waals surface area contributed by atoms with E-state index in [1.165, 1.54) is 0 Å². The second-order valence-electron chi connectivity index (χ2n) is 6.14. The summed E-state index contributed by atoms with van der Waals surface area (Å²) in [5.74, 6) is 1.03. The predicted octanol–water partition coefficient (Wildman–Crippen LogP) is 2.85. The molecule has 0 radical (unpaired) electrons. The highest BCUT2D eigenvalue weighted by Crippen LogP contribution is 2.21. The molecule has 2 heterocycles. The highest BCUT2D eigenvalue weighted by atomic mass is 16.2. The number of nitrogens with one attached hydrogen (secondary N) is 2. The molecule has 6 heteroatoms. The fourth-order valence-corrected chi connectivity index (χ4v) is 3.35. The van der Waals surface area contributed by atoms with Crippen molar-refractivity contribution in [3.63, 3.8) is 0 Å². The van der Waals surface area contributed by atoms with Gasteiger partial charge in [0, 0.05) is 17.7 Å². The lowest BCUT2D eigenvalue weighted by Crippen LogP contribution is -2.42. The first kappa shape index (κ1) is 15.4. The Balaban J connectivity index is 1.60. The summed E-state index contributed by atoms with van der Waals surface area (Å²) in [6.45, 7) is 5.34. The Labute approximate surface area is 145 Å². The molecule has 0 unspecified atom stereocenters. The minimum Gasteiger partial charge on any atom is -0.328 e. The summed E-state index contributed by atoms with van der Waals surface area (Å²) < 4.78 is 2.08. The highest BCUT2D eigenvalue weighted by Gasteiger charge is 2.25. The maximum Gasteiger partial charge on any atom is 0.269 e. The topological polar surface area (TPSA) is 74.0 Å². The van der Waals surface area contributed by atoms with Crippen molar-refractivity contribution in [2.45, 2.75) is 26.9 Å². The molecule has 1 aliphatic rings. The Morgan fingerprint density at radius 3 is 2.84 bits per heavy atom. The molecule has 0 atom stereocenters. The highest BCUT2D eigenvalue weighted by molar-refractivity contribution is 6.03. The second kappa shape index (κ2) is 5.73. The number of rotatable bonds is 3. The van der Waals surface area contributed by atoms with Gasteiger partial charge in [0.2, 0.25) is 0 Å². The number of carbonyl (C=O) groups is 1. The number of nitrogens with zero attached hydrogens (tertiary/aromatic N) is 3. The van der Waals surface area contributed by atoms with Gasteiger partial charge in [-0.05, 0) is 37.6 Å². The van der Waals surface area contributed by atoms with E-state index in [-0.39, 0.29) is 5.91 Å². The largest absolute Gasteiger partial charge is 0.328 e. The molecule has 3 aromatic rings. The van der Waals surface area contributed by atoms with Gasteiger partial charge < -0.3 is 4.57 Å². The second-order valence-corrected chi connectivity index (χ2v) is 6.14. The zero-order chi connectivity index (χ0) is 17.6. The summed E-state index contributed by atoms with van der Waals surface area (Å²) in [5.41, 5.74) is 7.14. The van der Waals surface area contributed by atoms with Gasteiger partial charge in [0.1, 0.15) is 11.7 Å². The van der Waals surface area contributed by atoms with E-state index in [1.54, 1.807) is 11.1 Å². The average molecular weight is 333 g/mol. The van der Waals surface area contributed by atoms with Crippen molar-refractivity contribution in [2.24, 2.45) is 0 Å². The van der Waals surface area contributed by atoms with Gasteiger partial charge in [0.15, 0.2) is 0 Å². The normalized spacial score (nSPS) is 13.4. The summed E-state index contributed by atoms with van der Waals surface area (Å²) in [7, 11) is 0. The third-order valence-electron chi connectivity index (χ3n) is 4.62. The van der Waals surface area contributed by atoms with Crippen LogP contribution in [0.5, 0.6) is 0 Å². The molecule has 0 saturated heterocycles. The van der Waals surface area contributed by atoms with Crippen molar-refractivity contribution < 1.29 is 4.79 Å². The Morgan fingerprint density at radius 2 is 2.08 bits per heavy atom. The number of hydrogen-bond acceptors (Lipinski definition) is 3. The van der Waals surface area contributed by atoms with E-state index in [9.17, 15) is 4.79 Å². The van der Waals surface area contributed by atoms with Gasteiger partial charge in [-0.1, -0.05) is 24.3 Å². The smallest absolute Gasteiger partial charge is 0.269 e. The molecular formula is C19H19N5O. The third kappa shape index (κ3) is 2.46. The van der Waals surface area contributed by atoms with Crippen LogP contribution in [0, 0.1) is 12.3 Å². The van der Waals surface area contributed by atoms with Crippen LogP contribution in [0.25, 0.3) is 11.0 Å². The molecular weight excluding hydrogens is 314 g/mol. The number of amidine groups is 1. The van der Waals surface area contributed by atoms with Crippen LogP contribution in [0.4, 0.5) is 0 Å². The maximum atomic E-state index is 12.7. The summed E-state index contributed by atoms with van der Waals surface area (Å²) in [6, 6.07) is 13.2. The molecule has 2 N–H and O–H groups in total. The van der Waals surface area contributed by atoms with Crippen molar-refractivity contribution in [1.29, 1.82) is 5.41 Å². The van der Waals surface area contributed by atoms with Gasteiger partial charge in [-0.15, -0.1) is 0 Å². The number of hydrogen-bond donors (Lipinski definition) is 2. The van der Waals surface area contributed by atoms with Gasteiger partial charge >= 0.3 is 0 Å². The van der Waals surface area contributed by atoms with Crippen molar-refractivity contribution >= 4 is 22.8 Å². The number of hydrazine groups is 1. The lowest BCUT2D eigenvalue weighted by atomic mass is 10.1. The van der Waals surface area contributed by atoms with Gasteiger partial charge in [0.25, 0.3) is 5.91 Å². The Kier molecular flexibility index (Phi) is 3.53. The Morgan fingerprint density at radius 1 is 1.28 bits per heavy atom. The number of fused-ring (bicyclic) bond motifs is 2. The van der Waals surface area contributed by atoms with Crippen LogP contribution in [0.2, 0.25) is 0 Å². The van der Waals surface area contributed by atoms with Crippen LogP contribution in [0.1, 0.15) is 34.2 Å².